The molecule has 0 N–H and O–H groups in total. The number of hydrogen-bond acceptors (Lipinski definition) is 3. The van der Waals surface area contributed by atoms with Gasteiger partial charge < -0.3 is 4.74 Å². The van der Waals surface area contributed by atoms with Crippen LogP contribution >= 0.6 is 12.6 Å². The fourth-order valence-electron chi connectivity index (χ4n) is 2.11. The van der Waals surface area contributed by atoms with Crippen molar-refractivity contribution < 1.29 is 4.74 Å². The molecule has 1 heterocycles. The molecule has 16 heavy (non-hydrogen) atoms. The molecule has 3 atom stereocenters. The van der Waals surface area contributed by atoms with Gasteiger partial charge in [0.1, 0.15) is 0 Å². The van der Waals surface area contributed by atoms with Crippen molar-refractivity contribution in [2.75, 3.05) is 25.4 Å². The quantitative estimate of drug-likeness (QED) is 0.768. The minimum absolute atomic E-state index is 0.336. The average Bonchev–Trinajstić information content (AvgIpc) is 2.17. The second-order valence-electron chi connectivity index (χ2n) is 6.19. The first-order valence-corrected chi connectivity index (χ1v) is 6.94. The Morgan fingerprint density at radius 3 is 2.50 bits per heavy atom. The lowest BCUT2D eigenvalue weighted by Gasteiger charge is -2.41. The highest BCUT2D eigenvalue weighted by Crippen LogP contribution is 2.29. The van der Waals surface area contributed by atoms with E-state index in [0.29, 0.717) is 23.5 Å². The van der Waals surface area contributed by atoms with Gasteiger partial charge in [-0.05, 0) is 30.9 Å². The predicted octanol–water partition coefficient (Wildman–Crippen LogP) is 2.69. The zero-order valence-corrected chi connectivity index (χ0v) is 12.3. The Kier molecular flexibility index (Phi) is 5.14. The molecule has 0 aliphatic carbocycles. The van der Waals surface area contributed by atoms with Gasteiger partial charge in [-0.1, -0.05) is 20.8 Å². The zero-order valence-electron chi connectivity index (χ0n) is 11.4. The van der Waals surface area contributed by atoms with E-state index in [1.807, 2.05) is 0 Å². The van der Waals surface area contributed by atoms with Crippen LogP contribution in [-0.4, -0.2) is 42.5 Å². The van der Waals surface area contributed by atoms with Crippen molar-refractivity contribution in [2.45, 2.75) is 46.8 Å². The summed E-state index contributed by atoms with van der Waals surface area (Å²) >= 11 is 4.50. The lowest BCUT2D eigenvalue weighted by molar-refractivity contribution is -0.0579. The number of morpholine rings is 1. The van der Waals surface area contributed by atoms with Crippen LogP contribution in [0.5, 0.6) is 0 Å². The zero-order chi connectivity index (χ0) is 12.3. The molecule has 0 aromatic carbocycles. The van der Waals surface area contributed by atoms with E-state index in [2.05, 4.69) is 52.1 Å². The second kappa shape index (κ2) is 5.74. The van der Waals surface area contributed by atoms with E-state index < -0.39 is 0 Å². The van der Waals surface area contributed by atoms with Gasteiger partial charge in [-0.25, -0.2) is 0 Å². The Hall–Kier alpha value is 0.270. The van der Waals surface area contributed by atoms with Crippen LogP contribution in [0.2, 0.25) is 0 Å². The number of thiol groups is 1. The summed E-state index contributed by atoms with van der Waals surface area (Å²) in [7, 11) is 0. The highest BCUT2D eigenvalue weighted by molar-refractivity contribution is 7.80. The van der Waals surface area contributed by atoms with E-state index in [0.717, 1.165) is 25.4 Å². The molecule has 1 aliphatic heterocycles. The molecule has 0 bridgehead atoms. The molecule has 96 valence electrons. The Balaban J connectivity index is 2.56. The van der Waals surface area contributed by atoms with Crippen molar-refractivity contribution in [3.8, 4) is 0 Å². The van der Waals surface area contributed by atoms with Gasteiger partial charge in [0.15, 0.2) is 0 Å². The Labute approximate surface area is 106 Å². The van der Waals surface area contributed by atoms with Crippen LogP contribution in [0.4, 0.5) is 0 Å². The summed E-state index contributed by atoms with van der Waals surface area (Å²) in [5, 5.41) is 0. The van der Waals surface area contributed by atoms with E-state index in [4.69, 9.17) is 4.74 Å². The van der Waals surface area contributed by atoms with Crippen molar-refractivity contribution in [3.05, 3.63) is 0 Å². The van der Waals surface area contributed by atoms with Crippen molar-refractivity contribution >= 4 is 12.6 Å². The largest absolute Gasteiger partial charge is 0.376 e. The molecule has 0 aromatic rings. The first kappa shape index (κ1) is 14.3. The lowest BCUT2D eigenvalue weighted by Crippen LogP contribution is -2.50. The highest BCUT2D eigenvalue weighted by Gasteiger charge is 2.30. The van der Waals surface area contributed by atoms with Gasteiger partial charge in [-0.3, -0.25) is 4.90 Å². The van der Waals surface area contributed by atoms with Crippen molar-refractivity contribution in [3.63, 3.8) is 0 Å². The monoisotopic (exact) mass is 245 g/mol. The fourth-order valence-corrected chi connectivity index (χ4v) is 2.78. The Morgan fingerprint density at radius 1 is 1.38 bits per heavy atom. The third-order valence-corrected chi connectivity index (χ3v) is 4.08. The molecule has 1 saturated heterocycles. The molecular formula is C13H27NOS. The van der Waals surface area contributed by atoms with Gasteiger partial charge in [-0.15, -0.1) is 0 Å². The molecule has 0 amide bonds. The summed E-state index contributed by atoms with van der Waals surface area (Å²) < 4.78 is 5.66. The molecule has 2 nitrogen and oxygen atoms in total. The number of hydrogen-bond donors (Lipinski definition) is 1. The Bertz CT molecular complexity index is 214. The molecule has 1 aliphatic rings. The van der Waals surface area contributed by atoms with Gasteiger partial charge in [0.2, 0.25) is 0 Å². The lowest BCUT2D eigenvalue weighted by atomic mass is 9.81. The topological polar surface area (TPSA) is 12.5 Å². The molecule has 0 radical (unpaired) electrons. The smallest absolute Gasteiger partial charge is 0.0674 e. The van der Waals surface area contributed by atoms with Crippen molar-refractivity contribution in [1.29, 1.82) is 0 Å². The molecule has 0 aromatic heterocycles. The molecule has 0 saturated carbocycles. The minimum atomic E-state index is 0.336. The van der Waals surface area contributed by atoms with Crippen LogP contribution < -0.4 is 0 Å². The third kappa shape index (κ3) is 3.94. The van der Waals surface area contributed by atoms with E-state index in [1.54, 1.807) is 0 Å². The molecule has 3 heteroatoms. The standard InChI is InChI=1S/C13H27NOS/c1-10-8-15-11(2)6-14(10)7-12(9-16)13(3,4)5/h10-12,16H,6-9H2,1-5H3. The predicted molar refractivity (Wildman–Crippen MR) is 73.2 cm³/mol. The van der Waals surface area contributed by atoms with Gasteiger partial charge in [0, 0.05) is 19.1 Å². The molecular weight excluding hydrogens is 218 g/mol. The van der Waals surface area contributed by atoms with Crippen LogP contribution in [0.25, 0.3) is 0 Å². The summed E-state index contributed by atoms with van der Waals surface area (Å²) in [6, 6.07) is 0.543. The molecule has 1 fully saturated rings. The Morgan fingerprint density at radius 2 is 2.00 bits per heavy atom. The van der Waals surface area contributed by atoms with Crippen LogP contribution in [0.15, 0.2) is 0 Å². The first-order valence-electron chi connectivity index (χ1n) is 6.31. The number of rotatable bonds is 3. The van der Waals surface area contributed by atoms with Gasteiger partial charge in [0.25, 0.3) is 0 Å². The average molecular weight is 245 g/mol. The summed E-state index contributed by atoms with van der Waals surface area (Å²) in [5.74, 6) is 1.60. The van der Waals surface area contributed by atoms with Gasteiger partial charge in [0.05, 0.1) is 12.7 Å². The van der Waals surface area contributed by atoms with E-state index in [9.17, 15) is 0 Å². The van der Waals surface area contributed by atoms with Crippen LogP contribution in [0.3, 0.4) is 0 Å². The summed E-state index contributed by atoms with van der Waals surface area (Å²) in [4.78, 5) is 2.56. The first-order chi connectivity index (χ1) is 7.34. The second-order valence-corrected chi connectivity index (χ2v) is 6.56. The summed E-state index contributed by atoms with van der Waals surface area (Å²) in [6.07, 6.45) is 0.372. The van der Waals surface area contributed by atoms with Gasteiger partial charge in [-0.2, -0.15) is 12.6 Å². The molecule has 1 rings (SSSR count). The fraction of sp³-hybridized carbons (Fsp3) is 1.00. The normalized spacial score (nSPS) is 30.4. The maximum absolute atomic E-state index is 5.66. The van der Waals surface area contributed by atoms with Gasteiger partial charge >= 0.3 is 0 Å². The maximum Gasteiger partial charge on any atom is 0.0674 e. The number of nitrogens with zero attached hydrogens (tertiary/aromatic N) is 1. The maximum atomic E-state index is 5.66. The van der Waals surface area contributed by atoms with Crippen LogP contribution in [0, 0.1) is 11.3 Å². The summed E-state index contributed by atoms with van der Waals surface area (Å²) in [5.41, 5.74) is 0.336. The molecule has 0 spiro atoms. The highest BCUT2D eigenvalue weighted by atomic mass is 32.1. The summed E-state index contributed by atoms with van der Waals surface area (Å²) in [6.45, 7) is 14.4. The van der Waals surface area contributed by atoms with Crippen molar-refractivity contribution in [2.24, 2.45) is 11.3 Å². The minimum Gasteiger partial charge on any atom is -0.376 e. The van der Waals surface area contributed by atoms with E-state index in [-0.39, 0.29) is 0 Å². The van der Waals surface area contributed by atoms with Crippen LogP contribution in [0.1, 0.15) is 34.6 Å². The molecule has 3 unspecified atom stereocenters. The van der Waals surface area contributed by atoms with E-state index >= 15 is 0 Å². The SMILES string of the molecule is CC1CN(CC(CS)C(C)(C)C)C(C)CO1. The van der Waals surface area contributed by atoms with E-state index in [1.165, 1.54) is 0 Å². The van der Waals surface area contributed by atoms with Crippen molar-refractivity contribution in [1.82, 2.24) is 4.90 Å². The number of ether oxygens (including phenoxy) is 1. The van der Waals surface area contributed by atoms with Crippen LogP contribution in [-0.2, 0) is 4.74 Å². The third-order valence-electron chi connectivity index (χ3n) is 3.64.